The van der Waals surface area contributed by atoms with E-state index in [2.05, 4.69) is 0 Å². The summed E-state index contributed by atoms with van der Waals surface area (Å²) in [6, 6.07) is 3.70. The molecule has 4 rings (SSSR count). The van der Waals surface area contributed by atoms with Gasteiger partial charge in [-0.15, -0.1) is 0 Å². The van der Waals surface area contributed by atoms with Crippen LogP contribution >= 0.6 is 0 Å². The molecule has 3 aliphatic rings. The number of carbonyl (C=O) groups is 1. The fourth-order valence-electron chi connectivity index (χ4n) is 4.58. The number of carbonyl (C=O) groups excluding carboxylic acids is 1. The molecule has 148 valence electrons. The van der Waals surface area contributed by atoms with Crippen LogP contribution in [0.2, 0.25) is 0 Å². The van der Waals surface area contributed by atoms with Crippen LogP contribution < -0.4 is 0 Å². The highest BCUT2D eigenvalue weighted by molar-refractivity contribution is 7.89. The standard InChI is InChI=1S/C19H25FN2O4S/c20-17-6-5-15(27(24,25)21-9-11-26-12-10-21)13-16(17)19(23)22-8-7-14-3-1-2-4-18(14)22/h5-6,13-14,18H,1-4,7-12H2. The molecule has 1 aromatic rings. The van der Waals surface area contributed by atoms with Crippen LogP contribution in [-0.4, -0.2) is 62.4 Å². The predicted molar refractivity (Wildman–Crippen MR) is 97.4 cm³/mol. The van der Waals surface area contributed by atoms with Gasteiger partial charge in [0.25, 0.3) is 5.91 Å². The van der Waals surface area contributed by atoms with Gasteiger partial charge in [0.15, 0.2) is 0 Å². The Hall–Kier alpha value is -1.51. The number of ether oxygens (including phenoxy) is 1. The summed E-state index contributed by atoms with van der Waals surface area (Å²) in [4.78, 5) is 14.8. The number of likely N-dealkylation sites (tertiary alicyclic amines) is 1. The molecular weight excluding hydrogens is 371 g/mol. The third-order valence-electron chi connectivity index (χ3n) is 6.05. The Morgan fingerprint density at radius 3 is 2.59 bits per heavy atom. The highest BCUT2D eigenvalue weighted by Crippen LogP contribution is 2.37. The van der Waals surface area contributed by atoms with E-state index in [1.54, 1.807) is 4.90 Å². The molecule has 27 heavy (non-hydrogen) atoms. The minimum absolute atomic E-state index is 0.0338. The molecule has 8 heteroatoms. The quantitative estimate of drug-likeness (QED) is 0.786. The third kappa shape index (κ3) is 3.50. The van der Waals surface area contributed by atoms with Crippen LogP contribution in [0.15, 0.2) is 23.1 Å². The lowest BCUT2D eigenvalue weighted by Crippen LogP contribution is -2.41. The monoisotopic (exact) mass is 396 g/mol. The molecule has 0 spiro atoms. The van der Waals surface area contributed by atoms with E-state index in [1.807, 2.05) is 0 Å². The molecule has 0 N–H and O–H groups in total. The molecule has 1 saturated carbocycles. The van der Waals surface area contributed by atoms with E-state index >= 15 is 0 Å². The maximum absolute atomic E-state index is 14.5. The lowest BCUT2D eigenvalue weighted by Gasteiger charge is -2.32. The Balaban J connectivity index is 1.61. The van der Waals surface area contributed by atoms with Crippen LogP contribution in [0.4, 0.5) is 4.39 Å². The largest absolute Gasteiger partial charge is 0.379 e. The highest BCUT2D eigenvalue weighted by Gasteiger charge is 2.39. The lowest BCUT2D eigenvalue weighted by molar-refractivity contribution is 0.0684. The molecule has 3 fully saturated rings. The van der Waals surface area contributed by atoms with Gasteiger partial charge in [-0.1, -0.05) is 12.8 Å². The van der Waals surface area contributed by atoms with Gasteiger partial charge in [0.1, 0.15) is 5.82 Å². The average Bonchev–Trinajstić information content (AvgIpc) is 3.12. The third-order valence-corrected chi connectivity index (χ3v) is 7.94. The first-order valence-electron chi connectivity index (χ1n) is 9.67. The molecule has 0 aromatic heterocycles. The number of nitrogens with zero attached hydrogens (tertiary/aromatic N) is 2. The van der Waals surface area contributed by atoms with Crippen molar-refractivity contribution in [2.45, 2.75) is 43.0 Å². The molecule has 0 radical (unpaired) electrons. The van der Waals surface area contributed by atoms with E-state index in [0.29, 0.717) is 25.7 Å². The van der Waals surface area contributed by atoms with Crippen molar-refractivity contribution in [3.8, 4) is 0 Å². The first-order chi connectivity index (χ1) is 13.0. The van der Waals surface area contributed by atoms with Gasteiger partial charge in [0.2, 0.25) is 10.0 Å². The molecule has 1 amide bonds. The summed E-state index contributed by atoms with van der Waals surface area (Å²) in [5, 5.41) is 0. The molecule has 2 unspecified atom stereocenters. The molecule has 0 bridgehead atoms. The van der Waals surface area contributed by atoms with Crippen molar-refractivity contribution in [3.63, 3.8) is 0 Å². The molecule has 2 saturated heterocycles. The Morgan fingerprint density at radius 1 is 1.07 bits per heavy atom. The number of hydrogen-bond donors (Lipinski definition) is 0. The van der Waals surface area contributed by atoms with E-state index in [4.69, 9.17) is 4.74 Å². The number of rotatable bonds is 3. The van der Waals surface area contributed by atoms with Crippen molar-refractivity contribution < 1.29 is 22.3 Å². The lowest BCUT2D eigenvalue weighted by atomic mass is 9.85. The molecule has 2 heterocycles. The maximum Gasteiger partial charge on any atom is 0.257 e. The average molecular weight is 396 g/mol. The number of benzene rings is 1. The van der Waals surface area contributed by atoms with Gasteiger partial charge in [0.05, 0.1) is 23.7 Å². The van der Waals surface area contributed by atoms with E-state index in [1.165, 1.54) is 22.9 Å². The van der Waals surface area contributed by atoms with Crippen molar-refractivity contribution in [1.29, 1.82) is 0 Å². The second-order valence-corrected chi connectivity index (χ2v) is 9.50. The predicted octanol–water partition coefficient (Wildman–Crippen LogP) is 2.25. The van der Waals surface area contributed by atoms with Gasteiger partial charge in [-0.3, -0.25) is 4.79 Å². The fraction of sp³-hybridized carbons (Fsp3) is 0.632. The Kier molecular flexibility index (Phi) is 5.22. The zero-order valence-electron chi connectivity index (χ0n) is 15.3. The molecule has 1 aromatic carbocycles. The maximum atomic E-state index is 14.5. The zero-order valence-corrected chi connectivity index (χ0v) is 16.1. The van der Waals surface area contributed by atoms with Gasteiger partial charge < -0.3 is 9.64 Å². The van der Waals surface area contributed by atoms with Gasteiger partial charge in [-0.05, 0) is 43.4 Å². The first-order valence-corrected chi connectivity index (χ1v) is 11.1. The summed E-state index contributed by atoms with van der Waals surface area (Å²) in [6.07, 6.45) is 5.28. The van der Waals surface area contributed by atoms with E-state index in [9.17, 15) is 17.6 Å². The summed E-state index contributed by atoms with van der Waals surface area (Å²) in [5.41, 5.74) is -0.143. The van der Waals surface area contributed by atoms with Crippen LogP contribution in [0.5, 0.6) is 0 Å². The van der Waals surface area contributed by atoms with Crippen LogP contribution in [0.25, 0.3) is 0 Å². The van der Waals surface area contributed by atoms with Crippen LogP contribution in [0.3, 0.4) is 0 Å². The number of morpholine rings is 1. The Labute approximate surface area is 159 Å². The van der Waals surface area contributed by atoms with Crippen LogP contribution in [0.1, 0.15) is 42.5 Å². The van der Waals surface area contributed by atoms with Crippen LogP contribution in [-0.2, 0) is 14.8 Å². The van der Waals surface area contributed by atoms with Crippen molar-refractivity contribution in [3.05, 3.63) is 29.6 Å². The van der Waals surface area contributed by atoms with E-state index < -0.39 is 15.8 Å². The summed E-state index contributed by atoms with van der Waals surface area (Å²) in [5.74, 6) is -0.563. The smallest absolute Gasteiger partial charge is 0.257 e. The molecule has 6 nitrogen and oxygen atoms in total. The summed E-state index contributed by atoms with van der Waals surface area (Å²) in [6.45, 7) is 1.82. The van der Waals surface area contributed by atoms with Crippen molar-refractivity contribution in [2.24, 2.45) is 5.92 Å². The fourth-order valence-corrected chi connectivity index (χ4v) is 6.01. The van der Waals surface area contributed by atoms with Gasteiger partial charge in [-0.25, -0.2) is 12.8 Å². The normalized spacial score (nSPS) is 26.8. The molecule has 2 aliphatic heterocycles. The van der Waals surface area contributed by atoms with Gasteiger partial charge >= 0.3 is 0 Å². The second-order valence-electron chi connectivity index (χ2n) is 7.56. The number of sulfonamides is 1. The van der Waals surface area contributed by atoms with E-state index in [-0.39, 0.29) is 35.5 Å². The first kappa shape index (κ1) is 18.8. The summed E-state index contributed by atoms with van der Waals surface area (Å²) < 4.78 is 46.7. The minimum Gasteiger partial charge on any atom is -0.379 e. The Bertz CT molecular complexity index is 823. The summed E-state index contributed by atoms with van der Waals surface area (Å²) >= 11 is 0. The second kappa shape index (κ2) is 7.48. The molecular formula is C19H25FN2O4S. The van der Waals surface area contributed by atoms with Gasteiger partial charge in [-0.2, -0.15) is 4.31 Å². The number of hydrogen-bond acceptors (Lipinski definition) is 4. The molecule has 1 aliphatic carbocycles. The SMILES string of the molecule is O=C(c1cc(S(=O)(=O)N2CCOCC2)ccc1F)N1CCC2CCCCC21. The number of amides is 1. The topological polar surface area (TPSA) is 66.9 Å². The van der Waals surface area contributed by atoms with Crippen LogP contribution in [0, 0.1) is 11.7 Å². The summed E-state index contributed by atoms with van der Waals surface area (Å²) in [7, 11) is -3.77. The van der Waals surface area contributed by atoms with Crippen molar-refractivity contribution in [1.82, 2.24) is 9.21 Å². The zero-order chi connectivity index (χ0) is 19.0. The van der Waals surface area contributed by atoms with Gasteiger partial charge in [0, 0.05) is 25.7 Å². The van der Waals surface area contributed by atoms with Crippen molar-refractivity contribution >= 4 is 15.9 Å². The van der Waals surface area contributed by atoms with E-state index in [0.717, 1.165) is 31.7 Å². The molecule has 2 atom stereocenters. The number of halogens is 1. The number of fused-ring (bicyclic) bond motifs is 1. The minimum atomic E-state index is -3.77. The Morgan fingerprint density at radius 2 is 1.81 bits per heavy atom. The highest BCUT2D eigenvalue weighted by atomic mass is 32.2. The van der Waals surface area contributed by atoms with Crippen molar-refractivity contribution in [2.75, 3.05) is 32.8 Å².